The van der Waals surface area contributed by atoms with Crippen molar-refractivity contribution in [1.82, 2.24) is 0 Å². The van der Waals surface area contributed by atoms with Gasteiger partial charge in [0, 0.05) is 6.42 Å². The van der Waals surface area contributed by atoms with Gasteiger partial charge in [-0.15, -0.1) is 0 Å². The number of nitrogens with two attached hydrogens (primary N) is 1. The second-order valence-corrected chi connectivity index (χ2v) is 6.38. The molecule has 0 heterocycles. The van der Waals surface area contributed by atoms with Crippen molar-refractivity contribution in [2.45, 2.75) is 12.8 Å². The fourth-order valence-electron chi connectivity index (χ4n) is 2.80. The van der Waals surface area contributed by atoms with Crippen molar-refractivity contribution in [2.75, 3.05) is 18.9 Å². The standard InChI is InChI=1S/C23H23NO4/c24-21-16-19(18-5-2-1-3-6-18)9-12-22(21)28-14-4-13-27-20-10-7-17(8-11-20)15-23(25)26/h1-3,5-12,16H,4,13-15,24H2,(H,25,26). The third-order valence-electron chi connectivity index (χ3n) is 4.21. The largest absolute Gasteiger partial charge is 0.493 e. The van der Waals surface area contributed by atoms with Gasteiger partial charge in [-0.3, -0.25) is 4.79 Å². The molecule has 0 bridgehead atoms. The van der Waals surface area contributed by atoms with Crippen LogP contribution in [0.25, 0.3) is 11.1 Å². The number of hydrogen-bond donors (Lipinski definition) is 2. The van der Waals surface area contributed by atoms with E-state index in [0.29, 0.717) is 36.8 Å². The van der Waals surface area contributed by atoms with E-state index < -0.39 is 5.97 Å². The van der Waals surface area contributed by atoms with Crippen LogP contribution in [0.2, 0.25) is 0 Å². The van der Waals surface area contributed by atoms with E-state index in [9.17, 15) is 4.79 Å². The van der Waals surface area contributed by atoms with Gasteiger partial charge in [0.05, 0.1) is 25.3 Å². The molecule has 0 saturated heterocycles. The van der Waals surface area contributed by atoms with Crippen LogP contribution in [0.1, 0.15) is 12.0 Å². The van der Waals surface area contributed by atoms with E-state index in [0.717, 1.165) is 16.7 Å². The number of carbonyl (C=O) groups is 1. The zero-order valence-electron chi connectivity index (χ0n) is 15.5. The highest BCUT2D eigenvalue weighted by Crippen LogP contribution is 2.28. The number of benzene rings is 3. The first-order chi connectivity index (χ1) is 13.6. The Labute approximate surface area is 164 Å². The molecular formula is C23H23NO4. The molecule has 0 aromatic heterocycles. The molecule has 5 heteroatoms. The van der Waals surface area contributed by atoms with Crippen molar-refractivity contribution in [3.8, 4) is 22.6 Å². The lowest BCUT2D eigenvalue weighted by molar-refractivity contribution is -0.136. The number of nitrogen functional groups attached to an aromatic ring is 1. The van der Waals surface area contributed by atoms with E-state index in [1.165, 1.54) is 0 Å². The summed E-state index contributed by atoms with van der Waals surface area (Å²) in [4.78, 5) is 10.7. The summed E-state index contributed by atoms with van der Waals surface area (Å²) in [7, 11) is 0. The average molecular weight is 377 g/mol. The van der Waals surface area contributed by atoms with Crippen molar-refractivity contribution < 1.29 is 19.4 Å². The zero-order chi connectivity index (χ0) is 19.8. The van der Waals surface area contributed by atoms with Crippen molar-refractivity contribution in [3.63, 3.8) is 0 Å². The molecule has 3 rings (SSSR count). The summed E-state index contributed by atoms with van der Waals surface area (Å²) < 4.78 is 11.4. The summed E-state index contributed by atoms with van der Waals surface area (Å²) in [6, 6.07) is 22.9. The summed E-state index contributed by atoms with van der Waals surface area (Å²) in [5.41, 5.74) is 9.64. The van der Waals surface area contributed by atoms with Gasteiger partial charge in [-0.05, 0) is 41.0 Å². The Morgan fingerprint density at radius 2 is 1.57 bits per heavy atom. The quantitative estimate of drug-likeness (QED) is 0.426. The smallest absolute Gasteiger partial charge is 0.307 e. The Bertz CT molecular complexity index is 908. The predicted octanol–water partition coefficient (Wildman–Crippen LogP) is 4.41. The first kappa shape index (κ1) is 19.3. The first-order valence-electron chi connectivity index (χ1n) is 9.13. The summed E-state index contributed by atoms with van der Waals surface area (Å²) in [5.74, 6) is 0.528. The van der Waals surface area contributed by atoms with E-state index >= 15 is 0 Å². The van der Waals surface area contributed by atoms with Crippen molar-refractivity contribution in [2.24, 2.45) is 0 Å². The van der Waals surface area contributed by atoms with E-state index in [4.69, 9.17) is 20.3 Å². The van der Waals surface area contributed by atoms with Gasteiger partial charge in [0.15, 0.2) is 0 Å². The Morgan fingerprint density at radius 3 is 2.25 bits per heavy atom. The van der Waals surface area contributed by atoms with Gasteiger partial charge in [0.1, 0.15) is 11.5 Å². The average Bonchev–Trinajstić information content (AvgIpc) is 2.70. The number of carboxylic acid groups (broad SMARTS) is 1. The molecule has 0 fully saturated rings. The molecule has 3 N–H and O–H groups in total. The maximum Gasteiger partial charge on any atom is 0.307 e. The molecule has 5 nitrogen and oxygen atoms in total. The molecule has 3 aromatic carbocycles. The lowest BCUT2D eigenvalue weighted by Crippen LogP contribution is -2.06. The van der Waals surface area contributed by atoms with Gasteiger partial charge >= 0.3 is 5.97 Å². The van der Waals surface area contributed by atoms with Crippen LogP contribution < -0.4 is 15.2 Å². The van der Waals surface area contributed by atoms with Crippen LogP contribution in [0.15, 0.2) is 72.8 Å². The number of hydrogen-bond acceptors (Lipinski definition) is 4. The third-order valence-corrected chi connectivity index (χ3v) is 4.21. The van der Waals surface area contributed by atoms with Crippen LogP contribution in [-0.4, -0.2) is 24.3 Å². The maximum absolute atomic E-state index is 10.7. The lowest BCUT2D eigenvalue weighted by atomic mass is 10.1. The minimum Gasteiger partial charge on any atom is -0.493 e. The van der Waals surface area contributed by atoms with Crippen molar-refractivity contribution in [3.05, 3.63) is 78.4 Å². The van der Waals surface area contributed by atoms with Crippen molar-refractivity contribution in [1.29, 1.82) is 0 Å². The van der Waals surface area contributed by atoms with Gasteiger partial charge in [-0.2, -0.15) is 0 Å². The van der Waals surface area contributed by atoms with Gasteiger partial charge in [0.2, 0.25) is 0 Å². The minimum absolute atomic E-state index is 0.0125. The van der Waals surface area contributed by atoms with E-state index in [1.54, 1.807) is 24.3 Å². The molecule has 3 aromatic rings. The normalized spacial score (nSPS) is 10.4. The van der Waals surface area contributed by atoms with Gasteiger partial charge in [0.25, 0.3) is 0 Å². The van der Waals surface area contributed by atoms with Gasteiger partial charge in [-0.25, -0.2) is 0 Å². The number of anilines is 1. The Balaban J connectivity index is 1.43. The number of rotatable bonds is 9. The molecule has 0 saturated carbocycles. The van der Waals surface area contributed by atoms with E-state index in [1.807, 2.05) is 48.5 Å². The highest BCUT2D eigenvalue weighted by molar-refractivity contribution is 5.71. The summed E-state index contributed by atoms with van der Waals surface area (Å²) in [6.07, 6.45) is 0.718. The van der Waals surface area contributed by atoms with Gasteiger partial charge in [-0.1, -0.05) is 48.5 Å². The Hall–Kier alpha value is -3.47. The molecule has 0 spiro atoms. The maximum atomic E-state index is 10.7. The van der Waals surface area contributed by atoms with Crippen molar-refractivity contribution >= 4 is 11.7 Å². The van der Waals surface area contributed by atoms with Crippen LogP contribution >= 0.6 is 0 Å². The molecule has 144 valence electrons. The Kier molecular flexibility index (Phi) is 6.52. The van der Waals surface area contributed by atoms with E-state index in [-0.39, 0.29) is 6.42 Å². The molecule has 0 atom stereocenters. The monoisotopic (exact) mass is 377 g/mol. The zero-order valence-corrected chi connectivity index (χ0v) is 15.5. The molecular weight excluding hydrogens is 354 g/mol. The highest BCUT2D eigenvalue weighted by Gasteiger charge is 2.04. The summed E-state index contributed by atoms with van der Waals surface area (Å²) in [5, 5.41) is 8.77. The second-order valence-electron chi connectivity index (χ2n) is 6.38. The number of aliphatic carboxylic acids is 1. The summed E-state index contributed by atoms with van der Waals surface area (Å²) in [6.45, 7) is 0.992. The van der Waals surface area contributed by atoms with E-state index in [2.05, 4.69) is 0 Å². The molecule has 0 amide bonds. The van der Waals surface area contributed by atoms with Crippen LogP contribution in [0, 0.1) is 0 Å². The van der Waals surface area contributed by atoms with Crippen LogP contribution in [0.4, 0.5) is 5.69 Å². The molecule has 0 aliphatic heterocycles. The SMILES string of the molecule is Nc1cc(-c2ccccc2)ccc1OCCCOc1ccc(CC(=O)O)cc1. The molecule has 0 aliphatic carbocycles. The fourth-order valence-corrected chi connectivity index (χ4v) is 2.80. The highest BCUT2D eigenvalue weighted by atomic mass is 16.5. The number of ether oxygens (including phenoxy) is 2. The molecule has 0 aliphatic rings. The van der Waals surface area contributed by atoms with Crippen LogP contribution in [-0.2, 0) is 11.2 Å². The fraction of sp³-hybridized carbons (Fsp3) is 0.174. The third kappa shape index (κ3) is 5.51. The van der Waals surface area contributed by atoms with Gasteiger partial charge < -0.3 is 20.3 Å². The molecule has 28 heavy (non-hydrogen) atoms. The Morgan fingerprint density at radius 1 is 0.857 bits per heavy atom. The number of carboxylic acids is 1. The lowest BCUT2D eigenvalue weighted by Gasteiger charge is -2.11. The topological polar surface area (TPSA) is 81.8 Å². The predicted molar refractivity (Wildman–Crippen MR) is 110 cm³/mol. The first-order valence-corrected chi connectivity index (χ1v) is 9.13. The second kappa shape index (κ2) is 9.46. The van der Waals surface area contributed by atoms with Crippen LogP contribution in [0.3, 0.4) is 0 Å². The summed E-state index contributed by atoms with van der Waals surface area (Å²) >= 11 is 0. The van der Waals surface area contributed by atoms with Crippen LogP contribution in [0.5, 0.6) is 11.5 Å². The molecule has 0 radical (unpaired) electrons. The minimum atomic E-state index is -0.845. The molecule has 0 unspecified atom stereocenters.